The molecule has 0 saturated heterocycles. The highest BCUT2D eigenvalue weighted by molar-refractivity contribution is 6.37. The summed E-state index contributed by atoms with van der Waals surface area (Å²) in [4.78, 5) is 0. The van der Waals surface area contributed by atoms with Crippen LogP contribution < -0.4 is 0 Å². The highest BCUT2D eigenvalue weighted by Crippen LogP contribution is 2.46. The van der Waals surface area contributed by atoms with E-state index in [4.69, 9.17) is 0 Å². The van der Waals surface area contributed by atoms with E-state index in [-0.39, 0.29) is 0 Å². The molecule has 0 fully saturated rings. The number of aryl methyl sites for hydroxylation is 1. The Morgan fingerprint density at radius 1 is 0.432 bits per heavy atom. The molecule has 1 nitrogen and oxygen atoms in total. The first kappa shape index (κ1) is 19.3. The number of rotatable bonds is 0. The topological polar surface area (TPSA) is 23.8 Å². The van der Waals surface area contributed by atoms with Crippen LogP contribution in [0.3, 0.4) is 0 Å². The normalized spacial score (nSPS) is 12.4. The average Bonchev–Trinajstić information content (AvgIpc) is 3.43. The van der Waals surface area contributed by atoms with Crippen molar-refractivity contribution in [3.63, 3.8) is 0 Å². The van der Waals surface area contributed by atoms with E-state index in [9.17, 15) is 5.26 Å². The van der Waals surface area contributed by atoms with Crippen molar-refractivity contribution in [3.8, 4) is 6.07 Å². The van der Waals surface area contributed by atoms with Crippen molar-refractivity contribution >= 4 is 86.2 Å². The molecule has 0 saturated carbocycles. The van der Waals surface area contributed by atoms with Gasteiger partial charge in [0.2, 0.25) is 0 Å². The summed E-state index contributed by atoms with van der Waals surface area (Å²) in [6.45, 7) is 2.26. The summed E-state index contributed by atoms with van der Waals surface area (Å²) >= 11 is 0. The van der Waals surface area contributed by atoms with E-state index in [1.165, 1.54) is 86.4 Å². The molecular formula is C36H19N. The van der Waals surface area contributed by atoms with Gasteiger partial charge in [-0.05, 0) is 124 Å². The van der Waals surface area contributed by atoms with Crippen LogP contribution in [0.4, 0.5) is 0 Å². The first-order chi connectivity index (χ1) is 18.2. The lowest BCUT2D eigenvalue weighted by Gasteiger charge is -2.07. The minimum absolute atomic E-state index is 0.742. The van der Waals surface area contributed by atoms with Crippen molar-refractivity contribution in [2.45, 2.75) is 6.92 Å². The molecule has 0 spiro atoms. The van der Waals surface area contributed by atoms with E-state index in [1.54, 1.807) is 0 Å². The maximum Gasteiger partial charge on any atom is 0.0998 e. The summed E-state index contributed by atoms with van der Waals surface area (Å²) in [5.41, 5.74) is 2.05. The van der Waals surface area contributed by atoms with Gasteiger partial charge in [0.15, 0.2) is 0 Å². The molecule has 0 heterocycles. The number of nitrogens with zero attached hydrogens (tertiary/aromatic N) is 1. The number of hydrogen-bond donors (Lipinski definition) is 0. The van der Waals surface area contributed by atoms with Crippen LogP contribution in [0.15, 0.2) is 97.1 Å². The van der Waals surface area contributed by atoms with Gasteiger partial charge in [0.25, 0.3) is 0 Å². The molecule has 0 aliphatic heterocycles. The Morgan fingerprint density at radius 2 is 1.03 bits per heavy atom. The van der Waals surface area contributed by atoms with Crippen molar-refractivity contribution in [2.24, 2.45) is 0 Å². The molecule has 9 rings (SSSR count). The van der Waals surface area contributed by atoms with Gasteiger partial charge >= 0.3 is 0 Å². The number of fused-ring (bicyclic) bond motifs is 9. The summed E-state index contributed by atoms with van der Waals surface area (Å²) in [6.07, 6.45) is 0. The summed E-state index contributed by atoms with van der Waals surface area (Å²) in [6, 6.07) is 37.9. The Balaban J connectivity index is 1.51. The van der Waals surface area contributed by atoms with Crippen LogP contribution >= 0.6 is 0 Å². The Morgan fingerprint density at radius 3 is 1.89 bits per heavy atom. The monoisotopic (exact) mass is 465 g/mol. The lowest BCUT2D eigenvalue weighted by Crippen LogP contribution is -1.81. The second kappa shape index (κ2) is 6.44. The quantitative estimate of drug-likeness (QED) is 0.204. The molecule has 1 heteroatoms. The minimum Gasteiger partial charge on any atom is -0.192 e. The predicted octanol–water partition coefficient (Wildman–Crippen LogP) is 9.97. The van der Waals surface area contributed by atoms with E-state index < -0.39 is 0 Å². The van der Waals surface area contributed by atoms with Gasteiger partial charge in [0.1, 0.15) is 0 Å². The fraction of sp³-hybridized carbons (Fsp3) is 0.0278. The van der Waals surface area contributed by atoms with Gasteiger partial charge in [-0.1, -0.05) is 66.7 Å². The third kappa shape index (κ3) is 2.21. The van der Waals surface area contributed by atoms with Crippen LogP contribution in [-0.4, -0.2) is 0 Å². The largest absolute Gasteiger partial charge is 0.192 e. The van der Waals surface area contributed by atoms with Crippen molar-refractivity contribution in [1.29, 1.82) is 5.26 Å². The average molecular weight is 466 g/mol. The first-order valence-electron chi connectivity index (χ1n) is 12.8. The maximum absolute atomic E-state index is 9.72. The predicted molar refractivity (Wildman–Crippen MR) is 158 cm³/mol. The van der Waals surface area contributed by atoms with Crippen LogP contribution in [0, 0.1) is 18.3 Å². The Hall–Kier alpha value is -4.93. The second-order valence-electron chi connectivity index (χ2n) is 10.4. The van der Waals surface area contributed by atoms with Crippen LogP contribution in [0.1, 0.15) is 11.1 Å². The molecule has 9 aromatic rings. The van der Waals surface area contributed by atoms with Gasteiger partial charge in [0, 0.05) is 5.39 Å². The van der Waals surface area contributed by atoms with Gasteiger partial charge < -0.3 is 0 Å². The van der Waals surface area contributed by atoms with Crippen molar-refractivity contribution in [2.75, 3.05) is 0 Å². The molecule has 168 valence electrons. The fourth-order valence-electron chi connectivity index (χ4n) is 7.17. The van der Waals surface area contributed by atoms with Crippen molar-refractivity contribution < 1.29 is 0 Å². The first-order valence-corrected chi connectivity index (χ1v) is 12.8. The molecule has 0 radical (unpaired) electrons. The lowest BCUT2D eigenvalue weighted by molar-refractivity contribution is 1.51. The van der Waals surface area contributed by atoms with Crippen LogP contribution in [0.2, 0.25) is 0 Å². The van der Waals surface area contributed by atoms with Crippen LogP contribution in [0.25, 0.3) is 86.2 Å². The molecular weight excluding hydrogens is 446 g/mol. The second-order valence-corrected chi connectivity index (χ2v) is 10.4. The fourth-order valence-corrected chi connectivity index (χ4v) is 7.17. The molecule has 0 unspecified atom stereocenters. The molecule has 0 bridgehead atoms. The highest BCUT2D eigenvalue weighted by atomic mass is 14.3. The summed E-state index contributed by atoms with van der Waals surface area (Å²) < 4.78 is 0. The van der Waals surface area contributed by atoms with Crippen molar-refractivity contribution in [1.82, 2.24) is 0 Å². The summed E-state index contributed by atoms with van der Waals surface area (Å²) in [5, 5.41) is 30.2. The van der Waals surface area contributed by atoms with Gasteiger partial charge in [-0.25, -0.2) is 0 Å². The van der Waals surface area contributed by atoms with Crippen LogP contribution in [-0.2, 0) is 0 Å². The van der Waals surface area contributed by atoms with Gasteiger partial charge in [-0.3, -0.25) is 0 Å². The zero-order valence-electron chi connectivity index (χ0n) is 20.2. The smallest absolute Gasteiger partial charge is 0.0998 e. The molecule has 0 N–H and O–H groups in total. The Kier molecular flexibility index (Phi) is 3.35. The molecule has 9 aromatic carbocycles. The SMILES string of the molecule is Cc1c2cc3c(cc2cc2c4ccc(C#N)c5cccc(c12)c54)c1cc2ccccc2c2cccc3c21. The third-order valence-corrected chi connectivity index (χ3v) is 8.72. The molecule has 37 heavy (non-hydrogen) atoms. The molecule has 0 aliphatic rings. The molecule has 0 aliphatic carbocycles. The summed E-state index contributed by atoms with van der Waals surface area (Å²) in [5.74, 6) is 0. The zero-order valence-corrected chi connectivity index (χ0v) is 20.2. The van der Waals surface area contributed by atoms with Gasteiger partial charge in [-0.15, -0.1) is 0 Å². The Labute approximate surface area is 212 Å². The van der Waals surface area contributed by atoms with E-state index in [2.05, 4.69) is 104 Å². The third-order valence-electron chi connectivity index (χ3n) is 8.72. The van der Waals surface area contributed by atoms with E-state index in [1.807, 2.05) is 6.07 Å². The van der Waals surface area contributed by atoms with Crippen molar-refractivity contribution in [3.05, 3.63) is 108 Å². The van der Waals surface area contributed by atoms with Gasteiger partial charge in [-0.2, -0.15) is 5.26 Å². The minimum atomic E-state index is 0.742. The zero-order chi connectivity index (χ0) is 24.4. The molecule has 0 aromatic heterocycles. The van der Waals surface area contributed by atoms with Gasteiger partial charge in [0.05, 0.1) is 11.6 Å². The lowest BCUT2D eigenvalue weighted by atomic mass is 9.96. The summed E-state index contributed by atoms with van der Waals surface area (Å²) in [7, 11) is 0. The Bertz CT molecular complexity index is 2470. The van der Waals surface area contributed by atoms with E-state index >= 15 is 0 Å². The molecule has 0 atom stereocenters. The van der Waals surface area contributed by atoms with E-state index in [0.29, 0.717) is 0 Å². The number of nitriles is 1. The van der Waals surface area contributed by atoms with Crippen LogP contribution in [0.5, 0.6) is 0 Å². The molecule has 0 amide bonds. The standard InChI is InChI=1S/C36H19N/c1-19-29-17-31-26-10-5-9-25-23-7-3-2-6-20(23)14-33(36(25)26)30(31)15-22(29)16-32-27-13-12-21(18-37)24-8-4-11-28(34(19)32)35(24)27/h2-17H,1H3. The maximum atomic E-state index is 9.72. The highest BCUT2D eigenvalue weighted by Gasteiger charge is 2.19. The number of benzene rings is 7. The number of hydrogen-bond acceptors (Lipinski definition) is 1. The van der Waals surface area contributed by atoms with E-state index in [0.717, 1.165) is 10.9 Å².